The first kappa shape index (κ1) is 16.5. The maximum atomic E-state index is 12.0. The van der Waals surface area contributed by atoms with Gasteiger partial charge < -0.3 is 5.32 Å². The average Bonchev–Trinajstić information content (AvgIpc) is 2.35. The van der Waals surface area contributed by atoms with Crippen molar-refractivity contribution in [2.24, 2.45) is 5.92 Å². The van der Waals surface area contributed by atoms with Crippen molar-refractivity contribution in [1.82, 2.24) is 5.32 Å². The van der Waals surface area contributed by atoms with Crippen LogP contribution < -0.4 is 9.62 Å². The van der Waals surface area contributed by atoms with Crippen molar-refractivity contribution >= 4 is 21.6 Å². The summed E-state index contributed by atoms with van der Waals surface area (Å²) in [5, 5.41) is 2.81. The number of nitrogens with one attached hydrogen (secondary N) is 1. The fourth-order valence-corrected chi connectivity index (χ4v) is 2.45. The highest BCUT2D eigenvalue weighted by Crippen LogP contribution is 2.16. The Morgan fingerprint density at radius 2 is 1.75 bits per heavy atom. The van der Waals surface area contributed by atoms with E-state index in [9.17, 15) is 13.2 Å². The third kappa shape index (κ3) is 4.85. The van der Waals surface area contributed by atoms with E-state index in [1.807, 2.05) is 20.8 Å². The molecule has 0 aliphatic heterocycles. The highest BCUT2D eigenvalue weighted by Gasteiger charge is 2.21. The highest BCUT2D eigenvalue weighted by molar-refractivity contribution is 7.92. The Bertz CT molecular complexity index is 541. The van der Waals surface area contributed by atoms with Gasteiger partial charge in [-0.2, -0.15) is 0 Å². The molecule has 20 heavy (non-hydrogen) atoms. The van der Waals surface area contributed by atoms with Crippen LogP contribution in [-0.2, 0) is 14.8 Å². The molecule has 0 heterocycles. The molecular formula is C14H22N2O3S. The van der Waals surface area contributed by atoms with Crippen LogP contribution in [0, 0.1) is 5.92 Å². The van der Waals surface area contributed by atoms with Crippen molar-refractivity contribution < 1.29 is 13.2 Å². The number of hydrogen-bond acceptors (Lipinski definition) is 3. The molecule has 5 nitrogen and oxygen atoms in total. The Morgan fingerprint density at radius 1 is 1.20 bits per heavy atom. The third-order valence-corrected chi connectivity index (χ3v) is 4.26. The Labute approximate surface area is 121 Å². The molecule has 1 atom stereocenters. The van der Waals surface area contributed by atoms with Crippen LogP contribution in [0.3, 0.4) is 0 Å². The molecule has 1 amide bonds. The van der Waals surface area contributed by atoms with E-state index < -0.39 is 10.0 Å². The van der Waals surface area contributed by atoms with Gasteiger partial charge in [0.2, 0.25) is 15.9 Å². The summed E-state index contributed by atoms with van der Waals surface area (Å²) in [5.41, 5.74) is 0.488. The molecule has 1 aromatic carbocycles. The van der Waals surface area contributed by atoms with Crippen molar-refractivity contribution in [3.63, 3.8) is 0 Å². The van der Waals surface area contributed by atoms with Crippen molar-refractivity contribution in [3.8, 4) is 0 Å². The first-order valence-corrected chi connectivity index (χ1v) is 8.38. The molecule has 0 radical (unpaired) electrons. The van der Waals surface area contributed by atoms with E-state index in [2.05, 4.69) is 5.32 Å². The molecule has 0 unspecified atom stereocenters. The smallest absolute Gasteiger partial charge is 0.240 e. The molecule has 0 saturated carbocycles. The van der Waals surface area contributed by atoms with Gasteiger partial charge in [0.1, 0.15) is 6.54 Å². The number of hydrogen-bond donors (Lipinski definition) is 1. The summed E-state index contributed by atoms with van der Waals surface area (Å²) in [7, 11) is -3.50. The molecule has 0 aliphatic carbocycles. The molecule has 6 heteroatoms. The summed E-state index contributed by atoms with van der Waals surface area (Å²) in [5.74, 6) is -0.0113. The first-order valence-electron chi connectivity index (χ1n) is 6.54. The van der Waals surface area contributed by atoms with E-state index >= 15 is 0 Å². The van der Waals surface area contributed by atoms with Gasteiger partial charge in [-0.3, -0.25) is 9.10 Å². The zero-order chi connectivity index (χ0) is 15.3. The number of rotatable bonds is 6. The fourth-order valence-electron chi connectivity index (χ4n) is 1.59. The Hall–Kier alpha value is -1.56. The summed E-state index contributed by atoms with van der Waals surface area (Å²) in [6.45, 7) is 5.68. The zero-order valence-corrected chi connectivity index (χ0v) is 13.1. The monoisotopic (exact) mass is 298 g/mol. The van der Waals surface area contributed by atoms with E-state index in [0.29, 0.717) is 11.6 Å². The maximum absolute atomic E-state index is 12.0. The molecule has 0 aliphatic rings. The maximum Gasteiger partial charge on any atom is 0.240 e. The second-order valence-corrected chi connectivity index (χ2v) is 7.11. The van der Waals surface area contributed by atoms with Gasteiger partial charge >= 0.3 is 0 Å². The van der Waals surface area contributed by atoms with Crippen molar-refractivity contribution in [1.29, 1.82) is 0 Å². The van der Waals surface area contributed by atoms with Crippen LogP contribution in [0.25, 0.3) is 0 Å². The van der Waals surface area contributed by atoms with E-state index in [4.69, 9.17) is 0 Å². The van der Waals surface area contributed by atoms with Gasteiger partial charge in [-0.25, -0.2) is 8.42 Å². The molecule has 112 valence electrons. The molecule has 0 spiro atoms. The summed E-state index contributed by atoms with van der Waals surface area (Å²) < 4.78 is 24.8. The number of carbonyl (C=O) groups is 1. The predicted octanol–water partition coefficient (Wildman–Crippen LogP) is 1.61. The SMILES string of the molecule is CC(C)[C@@H](C)NC(=O)CN(c1ccccc1)S(C)(=O)=O. The quantitative estimate of drug-likeness (QED) is 0.867. The number of amides is 1. The van der Waals surface area contributed by atoms with Gasteiger partial charge in [0.05, 0.1) is 11.9 Å². The van der Waals surface area contributed by atoms with Crippen LogP contribution in [0.5, 0.6) is 0 Å². The lowest BCUT2D eigenvalue weighted by Crippen LogP contribution is -2.44. The number of anilines is 1. The number of benzene rings is 1. The number of para-hydroxylation sites is 1. The van der Waals surface area contributed by atoms with E-state index in [0.717, 1.165) is 10.6 Å². The van der Waals surface area contributed by atoms with Gasteiger partial charge in [-0.05, 0) is 25.0 Å². The molecule has 0 bridgehead atoms. The van der Waals surface area contributed by atoms with E-state index in [-0.39, 0.29) is 18.5 Å². The van der Waals surface area contributed by atoms with Crippen LogP contribution in [0.15, 0.2) is 30.3 Å². The lowest BCUT2D eigenvalue weighted by Gasteiger charge is -2.24. The Morgan fingerprint density at radius 3 is 2.20 bits per heavy atom. The van der Waals surface area contributed by atoms with Crippen LogP contribution in [-0.4, -0.2) is 33.2 Å². The average molecular weight is 298 g/mol. The first-order chi connectivity index (χ1) is 9.21. The van der Waals surface area contributed by atoms with Crippen LogP contribution in [0.1, 0.15) is 20.8 Å². The van der Waals surface area contributed by atoms with E-state index in [1.54, 1.807) is 30.3 Å². The third-order valence-electron chi connectivity index (χ3n) is 3.12. The van der Waals surface area contributed by atoms with Crippen molar-refractivity contribution in [2.45, 2.75) is 26.8 Å². The predicted molar refractivity (Wildman–Crippen MR) is 81.1 cm³/mol. The molecule has 1 rings (SSSR count). The minimum absolute atomic E-state index is 0.000293. The highest BCUT2D eigenvalue weighted by atomic mass is 32.2. The van der Waals surface area contributed by atoms with Gasteiger partial charge in [-0.1, -0.05) is 32.0 Å². The molecule has 1 N–H and O–H groups in total. The van der Waals surface area contributed by atoms with Crippen LogP contribution in [0.2, 0.25) is 0 Å². The molecule has 0 saturated heterocycles. The second-order valence-electron chi connectivity index (χ2n) is 5.21. The number of nitrogens with zero attached hydrogens (tertiary/aromatic N) is 1. The second kappa shape index (κ2) is 6.74. The van der Waals surface area contributed by atoms with Gasteiger partial charge in [-0.15, -0.1) is 0 Å². The molecule has 0 aromatic heterocycles. The number of carbonyl (C=O) groups excluding carboxylic acids is 1. The Balaban J connectivity index is 2.86. The molecule has 1 aromatic rings. The van der Waals surface area contributed by atoms with Crippen LogP contribution >= 0.6 is 0 Å². The van der Waals surface area contributed by atoms with Gasteiger partial charge in [0.15, 0.2) is 0 Å². The normalized spacial score (nSPS) is 13.1. The summed E-state index contributed by atoms with van der Waals surface area (Å²) in [6, 6.07) is 8.61. The summed E-state index contributed by atoms with van der Waals surface area (Å²) in [6.07, 6.45) is 1.10. The molecule has 0 fully saturated rings. The summed E-state index contributed by atoms with van der Waals surface area (Å²) >= 11 is 0. The van der Waals surface area contributed by atoms with Crippen molar-refractivity contribution in [2.75, 3.05) is 17.1 Å². The minimum Gasteiger partial charge on any atom is -0.352 e. The largest absolute Gasteiger partial charge is 0.352 e. The topological polar surface area (TPSA) is 66.5 Å². The van der Waals surface area contributed by atoms with Crippen molar-refractivity contribution in [3.05, 3.63) is 30.3 Å². The lowest BCUT2D eigenvalue weighted by atomic mass is 10.1. The fraction of sp³-hybridized carbons (Fsp3) is 0.500. The minimum atomic E-state index is -3.50. The van der Waals surface area contributed by atoms with Gasteiger partial charge in [0.25, 0.3) is 0 Å². The zero-order valence-electron chi connectivity index (χ0n) is 12.3. The standard InChI is InChI=1S/C14H22N2O3S/c1-11(2)12(3)15-14(17)10-16(20(4,18)19)13-8-6-5-7-9-13/h5-9,11-12H,10H2,1-4H3,(H,15,17)/t12-/m1/s1. The number of sulfonamides is 1. The summed E-state index contributed by atoms with van der Waals surface area (Å²) in [4.78, 5) is 12.0. The molecular weight excluding hydrogens is 276 g/mol. The van der Waals surface area contributed by atoms with Gasteiger partial charge in [0, 0.05) is 6.04 Å². The Kier molecular flexibility index (Phi) is 5.56. The lowest BCUT2D eigenvalue weighted by molar-refractivity contribution is -0.120. The van der Waals surface area contributed by atoms with Crippen LogP contribution in [0.4, 0.5) is 5.69 Å². The van der Waals surface area contributed by atoms with E-state index in [1.165, 1.54) is 0 Å².